The van der Waals surface area contributed by atoms with Crippen molar-refractivity contribution in [3.63, 3.8) is 0 Å². The topological polar surface area (TPSA) is 84.4 Å². The molecule has 21 heavy (non-hydrogen) atoms. The molecule has 1 aromatic heterocycles. The van der Waals surface area contributed by atoms with Crippen molar-refractivity contribution in [2.75, 3.05) is 20.6 Å². The van der Waals surface area contributed by atoms with Crippen LogP contribution in [-0.4, -0.2) is 52.4 Å². The molecule has 7 heteroatoms. The fourth-order valence-corrected chi connectivity index (χ4v) is 2.50. The molecular weight excluding hydrogens is 292 g/mol. The van der Waals surface area contributed by atoms with Crippen LogP contribution in [0.1, 0.15) is 5.69 Å². The summed E-state index contributed by atoms with van der Waals surface area (Å²) >= 11 is 6.00. The number of amides is 1. The van der Waals surface area contributed by atoms with E-state index in [1.165, 1.54) is 0 Å². The summed E-state index contributed by atoms with van der Waals surface area (Å²) in [6, 6.07) is 5.35. The van der Waals surface area contributed by atoms with Gasteiger partial charge in [0.05, 0.1) is 30.3 Å². The van der Waals surface area contributed by atoms with Crippen LogP contribution in [0.2, 0.25) is 5.02 Å². The fraction of sp³-hybridized carbons (Fsp3) is 0.429. The van der Waals surface area contributed by atoms with E-state index < -0.39 is 12.0 Å². The number of hydrogen-bond donors (Lipinski definition) is 2. The molecule has 0 saturated carbocycles. The number of carbonyl (C=O) groups is 1. The van der Waals surface area contributed by atoms with Crippen molar-refractivity contribution >= 4 is 28.4 Å². The van der Waals surface area contributed by atoms with Crippen molar-refractivity contribution in [3.8, 4) is 0 Å². The summed E-state index contributed by atoms with van der Waals surface area (Å²) in [5, 5.41) is 15.8. The van der Waals surface area contributed by atoms with Gasteiger partial charge in [0.2, 0.25) is 5.91 Å². The van der Waals surface area contributed by atoms with E-state index in [9.17, 15) is 9.90 Å². The molecule has 0 bridgehead atoms. The second-order valence-corrected chi connectivity index (χ2v) is 5.79. The summed E-state index contributed by atoms with van der Waals surface area (Å²) < 4.78 is 1.69. The van der Waals surface area contributed by atoms with Crippen LogP contribution in [0.15, 0.2) is 18.2 Å². The molecule has 0 spiro atoms. The van der Waals surface area contributed by atoms with Crippen LogP contribution in [-0.2, 0) is 17.8 Å². The maximum absolute atomic E-state index is 11.2. The number of benzene rings is 1. The molecule has 1 atom stereocenters. The van der Waals surface area contributed by atoms with E-state index in [2.05, 4.69) is 5.10 Å². The quantitative estimate of drug-likeness (QED) is 0.820. The van der Waals surface area contributed by atoms with Gasteiger partial charge in [-0.15, -0.1) is 0 Å². The van der Waals surface area contributed by atoms with Crippen LogP contribution in [0.25, 0.3) is 10.9 Å². The van der Waals surface area contributed by atoms with Gasteiger partial charge in [-0.3, -0.25) is 9.48 Å². The van der Waals surface area contributed by atoms with Gasteiger partial charge in [-0.2, -0.15) is 5.10 Å². The number of fused-ring (bicyclic) bond motifs is 1. The Bertz CT molecular complexity index is 654. The van der Waals surface area contributed by atoms with E-state index in [-0.39, 0.29) is 6.42 Å². The van der Waals surface area contributed by atoms with Crippen LogP contribution in [0.3, 0.4) is 0 Å². The first-order valence-corrected chi connectivity index (χ1v) is 7.00. The smallest absolute Gasteiger partial charge is 0.223 e. The third kappa shape index (κ3) is 3.93. The first-order chi connectivity index (χ1) is 9.86. The number of halogens is 1. The molecule has 0 aliphatic carbocycles. The minimum atomic E-state index is -0.555. The van der Waals surface area contributed by atoms with Crippen LogP contribution in [0.5, 0.6) is 0 Å². The number of nitrogens with two attached hydrogens (primary N) is 1. The van der Waals surface area contributed by atoms with Crippen molar-refractivity contribution in [2.24, 2.45) is 5.73 Å². The van der Waals surface area contributed by atoms with Crippen LogP contribution in [0, 0.1) is 0 Å². The van der Waals surface area contributed by atoms with Gasteiger partial charge < -0.3 is 15.7 Å². The summed E-state index contributed by atoms with van der Waals surface area (Å²) in [5.74, 6) is -0.449. The Balaban J connectivity index is 2.37. The van der Waals surface area contributed by atoms with Crippen molar-refractivity contribution in [1.82, 2.24) is 14.7 Å². The lowest BCUT2D eigenvalue weighted by Gasteiger charge is -2.16. The zero-order valence-electron chi connectivity index (χ0n) is 12.1. The monoisotopic (exact) mass is 310 g/mol. The molecule has 114 valence electrons. The summed E-state index contributed by atoms with van der Waals surface area (Å²) in [7, 11) is 3.78. The van der Waals surface area contributed by atoms with Gasteiger partial charge in [0.25, 0.3) is 0 Å². The highest BCUT2D eigenvalue weighted by Crippen LogP contribution is 2.23. The predicted octanol–water partition coefficient (Wildman–Crippen LogP) is 0.640. The molecule has 0 aliphatic rings. The summed E-state index contributed by atoms with van der Waals surface area (Å²) in [6.45, 7) is 0.870. The Hall–Kier alpha value is -1.63. The SMILES string of the molecule is CN(C)CC(O)Cn1nc(CC(N)=O)c2cc(Cl)ccc21. The molecule has 0 aliphatic heterocycles. The van der Waals surface area contributed by atoms with Crippen molar-refractivity contribution in [3.05, 3.63) is 28.9 Å². The van der Waals surface area contributed by atoms with Crippen LogP contribution in [0.4, 0.5) is 0 Å². The van der Waals surface area contributed by atoms with Gasteiger partial charge >= 0.3 is 0 Å². The average Bonchev–Trinajstić information content (AvgIpc) is 2.65. The molecule has 1 unspecified atom stereocenters. The normalized spacial score (nSPS) is 13.0. The number of aromatic nitrogens is 2. The van der Waals surface area contributed by atoms with E-state index in [0.29, 0.717) is 23.8 Å². The lowest BCUT2D eigenvalue weighted by molar-refractivity contribution is -0.117. The van der Waals surface area contributed by atoms with E-state index in [1.54, 1.807) is 16.8 Å². The fourth-order valence-electron chi connectivity index (χ4n) is 2.33. The predicted molar refractivity (Wildman–Crippen MR) is 82.2 cm³/mol. The van der Waals surface area contributed by atoms with Gasteiger partial charge in [0.15, 0.2) is 0 Å². The molecule has 1 amide bonds. The average molecular weight is 311 g/mol. The maximum Gasteiger partial charge on any atom is 0.223 e. The Morgan fingerprint density at radius 2 is 2.24 bits per heavy atom. The van der Waals surface area contributed by atoms with Gasteiger partial charge in [0.1, 0.15) is 0 Å². The Morgan fingerprint density at radius 3 is 2.86 bits per heavy atom. The van der Waals surface area contributed by atoms with E-state index in [4.69, 9.17) is 17.3 Å². The number of aliphatic hydroxyl groups excluding tert-OH is 1. The third-order valence-electron chi connectivity index (χ3n) is 3.09. The molecule has 0 saturated heterocycles. The summed E-state index contributed by atoms with van der Waals surface area (Å²) in [5.41, 5.74) is 6.66. The van der Waals surface area contributed by atoms with Crippen LogP contribution >= 0.6 is 11.6 Å². The molecular formula is C14H19ClN4O2. The van der Waals surface area contributed by atoms with Gasteiger partial charge in [-0.05, 0) is 32.3 Å². The Morgan fingerprint density at radius 1 is 1.52 bits per heavy atom. The molecule has 1 heterocycles. The molecule has 6 nitrogen and oxygen atoms in total. The highest BCUT2D eigenvalue weighted by Gasteiger charge is 2.15. The zero-order valence-corrected chi connectivity index (χ0v) is 12.8. The number of likely N-dealkylation sites (N-methyl/N-ethyl adjacent to an activating group) is 1. The van der Waals surface area contributed by atoms with E-state index in [0.717, 1.165) is 10.9 Å². The van der Waals surface area contributed by atoms with Gasteiger partial charge in [0, 0.05) is 17.0 Å². The summed E-state index contributed by atoms with van der Waals surface area (Å²) in [4.78, 5) is 13.1. The standard InChI is InChI=1S/C14H19ClN4O2/c1-18(2)7-10(20)8-19-13-4-3-9(15)5-11(13)12(17-19)6-14(16)21/h3-5,10,20H,6-8H2,1-2H3,(H2,16,21). The van der Waals surface area contributed by atoms with Gasteiger partial charge in [-0.1, -0.05) is 11.6 Å². The minimum Gasteiger partial charge on any atom is -0.390 e. The van der Waals surface area contributed by atoms with Crippen molar-refractivity contribution < 1.29 is 9.90 Å². The molecule has 0 fully saturated rings. The summed E-state index contributed by atoms with van der Waals surface area (Å²) in [6.07, 6.45) is -0.506. The van der Waals surface area contributed by atoms with E-state index >= 15 is 0 Å². The second kappa shape index (κ2) is 6.43. The number of primary amides is 1. The highest BCUT2D eigenvalue weighted by molar-refractivity contribution is 6.31. The first kappa shape index (κ1) is 15.8. The lowest BCUT2D eigenvalue weighted by Crippen LogP contribution is -2.29. The van der Waals surface area contributed by atoms with Gasteiger partial charge in [-0.25, -0.2) is 0 Å². The minimum absolute atomic E-state index is 0.0492. The number of aliphatic hydroxyl groups is 1. The molecule has 3 N–H and O–H groups in total. The maximum atomic E-state index is 11.2. The molecule has 0 radical (unpaired) electrons. The van der Waals surface area contributed by atoms with E-state index in [1.807, 2.05) is 25.1 Å². The van der Waals surface area contributed by atoms with Crippen LogP contribution < -0.4 is 5.73 Å². The molecule has 2 aromatic rings. The first-order valence-electron chi connectivity index (χ1n) is 6.63. The lowest BCUT2D eigenvalue weighted by atomic mass is 10.1. The molecule has 1 aromatic carbocycles. The number of carbonyl (C=O) groups excluding carboxylic acids is 1. The van der Waals surface area contributed by atoms with Crippen molar-refractivity contribution in [1.29, 1.82) is 0 Å². The Labute approximate surface area is 128 Å². The second-order valence-electron chi connectivity index (χ2n) is 5.35. The zero-order chi connectivity index (χ0) is 15.6. The molecule has 2 rings (SSSR count). The number of nitrogens with zero attached hydrogens (tertiary/aromatic N) is 3. The van der Waals surface area contributed by atoms with Crippen molar-refractivity contribution in [2.45, 2.75) is 19.1 Å². The highest BCUT2D eigenvalue weighted by atomic mass is 35.5. The number of hydrogen-bond acceptors (Lipinski definition) is 4. The largest absolute Gasteiger partial charge is 0.390 e. The number of rotatable bonds is 6. The Kier molecular flexibility index (Phi) is 4.82. The third-order valence-corrected chi connectivity index (χ3v) is 3.33.